The first-order valence-electron chi connectivity index (χ1n) is 9.37. The molecule has 166 valence electrons. The predicted molar refractivity (Wildman–Crippen MR) is 121 cm³/mol. The second-order valence-electron chi connectivity index (χ2n) is 6.69. The summed E-state index contributed by atoms with van der Waals surface area (Å²) in [5.41, 5.74) is 0.835. The third kappa shape index (κ3) is 5.30. The monoisotopic (exact) mass is 494 g/mol. The van der Waals surface area contributed by atoms with Crippen LogP contribution in [0.25, 0.3) is 0 Å². The molecule has 1 aliphatic rings. The summed E-state index contributed by atoms with van der Waals surface area (Å²) in [6.07, 6.45) is -0.0969. The number of anilines is 3. The molecule has 32 heavy (non-hydrogen) atoms. The maximum Gasteiger partial charge on any atom is 0.267 e. The molecule has 2 N–H and O–H groups in total. The van der Waals surface area contributed by atoms with E-state index in [0.29, 0.717) is 38.9 Å². The van der Waals surface area contributed by atoms with Crippen molar-refractivity contribution in [2.45, 2.75) is 6.42 Å². The smallest absolute Gasteiger partial charge is 0.267 e. The van der Waals surface area contributed by atoms with Crippen LogP contribution in [0.15, 0.2) is 35.7 Å². The summed E-state index contributed by atoms with van der Waals surface area (Å²) >= 11 is 8.16. The molecule has 0 atom stereocenters. The summed E-state index contributed by atoms with van der Waals surface area (Å²) in [5, 5.41) is 7.13. The Morgan fingerprint density at radius 2 is 2.09 bits per heavy atom. The van der Waals surface area contributed by atoms with E-state index in [1.807, 2.05) is 0 Å². The lowest BCUT2D eigenvalue weighted by Gasteiger charge is -2.27. The number of ether oxygens (including phenoxy) is 1. The third-order valence-corrected chi connectivity index (χ3v) is 6.47. The molecule has 4 rings (SSSR count). The van der Waals surface area contributed by atoms with Crippen LogP contribution in [0.1, 0.15) is 15.4 Å². The zero-order chi connectivity index (χ0) is 22.7. The molecule has 3 amide bonds. The van der Waals surface area contributed by atoms with Gasteiger partial charge in [-0.2, -0.15) is 0 Å². The fraction of sp³-hybridized carbons (Fsp3) is 0.200. The summed E-state index contributed by atoms with van der Waals surface area (Å²) in [5.74, 6) is -1.71. The number of nitrogens with zero attached hydrogens (tertiary/aromatic N) is 2. The number of hydrogen-bond donors (Lipinski definition) is 2. The number of halogens is 2. The third-order valence-electron chi connectivity index (χ3n) is 4.44. The lowest BCUT2D eigenvalue weighted by atomic mass is 10.2. The van der Waals surface area contributed by atoms with E-state index in [-0.39, 0.29) is 30.5 Å². The van der Waals surface area contributed by atoms with E-state index < -0.39 is 11.7 Å². The molecule has 3 aromatic rings. The number of rotatable bonds is 6. The molecule has 1 aliphatic heterocycles. The Bertz CT molecular complexity index is 1180. The van der Waals surface area contributed by atoms with Crippen LogP contribution in [-0.4, -0.2) is 42.5 Å². The number of hydrogen-bond acceptors (Lipinski definition) is 7. The van der Waals surface area contributed by atoms with Crippen LogP contribution >= 0.6 is 34.3 Å². The summed E-state index contributed by atoms with van der Waals surface area (Å²) < 4.78 is 20.1. The molecular weight excluding hydrogens is 479 g/mol. The van der Waals surface area contributed by atoms with Gasteiger partial charge >= 0.3 is 0 Å². The van der Waals surface area contributed by atoms with E-state index in [0.717, 1.165) is 11.3 Å². The van der Waals surface area contributed by atoms with E-state index in [9.17, 15) is 18.8 Å². The average molecular weight is 495 g/mol. The first kappa shape index (κ1) is 22.3. The van der Waals surface area contributed by atoms with Gasteiger partial charge in [-0.3, -0.25) is 19.7 Å². The van der Waals surface area contributed by atoms with Crippen LogP contribution in [0, 0.1) is 5.82 Å². The average Bonchev–Trinajstić information content (AvgIpc) is 3.38. The molecule has 8 nitrogen and oxygen atoms in total. The molecule has 1 fully saturated rings. The molecule has 0 aliphatic carbocycles. The van der Waals surface area contributed by atoms with E-state index in [4.69, 9.17) is 16.3 Å². The van der Waals surface area contributed by atoms with Crippen molar-refractivity contribution in [3.05, 3.63) is 56.4 Å². The van der Waals surface area contributed by atoms with Gasteiger partial charge in [0, 0.05) is 17.6 Å². The highest BCUT2D eigenvalue weighted by atomic mass is 35.5. The van der Waals surface area contributed by atoms with Crippen molar-refractivity contribution in [3.63, 3.8) is 0 Å². The molecule has 12 heteroatoms. The molecular formula is C20H16ClFN4O4S2. The fourth-order valence-corrected chi connectivity index (χ4v) is 4.61. The van der Waals surface area contributed by atoms with E-state index in [2.05, 4.69) is 15.6 Å². The molecule has 0 spiro atoms. The molecule has 0 saturated carbocycles. The van der Waals surface area contributed by atoms with Gasteiger partial charge in [-0.05, 0) is 30.3 Å². The zero-order valence-electron chi connectivity index (χ0n) is 16.4. The van der Waals surface area contributed by atoms with Gasteiger partial charge < -0.3 is 15.0 Å². The van der Waals surface area contributed by atoms with Crippen LogP contribution in [0.3, 0.4) is 0 Å². The van der Waals surface area contributed by atoms with Crippen molar-refractivity contribution in [2.75, 3.05) is 35.3 Å². The highest BCUT2D eigenvalue weighted by Gasteiger charge is 2.21. The van der Waals surface area contributed by atoms with Crippen molar-refractivity contribution < 1.29 is 23.5 Å². The van der Waals surface area contributed by atoms with Gasteiger partial charge in [0.1, 0.15) is 12.4 Å². The molecule has 0 unspecified atom stereocenters. The number of benzene rings is 1. The van der Waals surface area contributed by atoms with E-state index >= 15 is 0 Å². The number of carbonyl (C=O) groups is 3. The van der Waals surface area contributed by atoms with Crippen molar-refractivity contribution in [2.24, 2.45) is 0 Å². The lowest BCUT2D eigenvalue weighted by molar-refractivity contribution is -0.125. The van der Waals surface area contributed by atoms with Crippen molar-refractivity contribution in [1.82, 2.24) is 4.98 Å². The van der Waals surface area contributed by atoms with Gasteiger partial charge in [0.05, 0.1) is 33.6 Å². The Hall–Kier alpha value is -2.86. The Morgan fingerprint density at radius 3 is 2.81 bits per heavy atom. The zero-order valence-corrected chi connectivity index (χ0v) is 18.8. The van der Waals surface area contributed by atoms with Crippen molar-refractivity contribution in [1.29, 1.82) is 0 Å². The summed E-state index contributed by atoms with van der Waals surface area (Å²) in [4.78, 5) is 42.5. The Labute approximate surface area is 195 Å². The maximum atomic E-state index is 14.5. The summed E-state index contributed by atoms with van der Waals surface area (Å²) in [7, 11) is 0. The van der Waals surface area contributed by atoms with Crippen LogP contribution in [0.4, 0.5) is 20.9 Å². The number of thiazole rings is 1. The van der Waals surface area contributed by atoms with Crippen LogP contribution < -0.4 is 15.5 Å². The Balaban J connectivity index is 1.35. The minimum Gasteiger partial charge on any atom is -0.370 e. The molecule has 0 radical (unpaired) electrons. The number of thiophene rings is 1. The topological polar surface area (TPSA) is 101 Å². The molecule has 0 bridgehead atoms. The van der Waals surface area contributed by atoms with Gasteiger partial charge in [-0.1, -0.05) is 11.6 Å². The van der Waals surface area contributed by atoms with Crippen molar-refractivity contribution >= 4 is 68.5 Å². The SMILES string of the molecule is O=C(Cc1csc(NC(=O)c2ccc(Cl)s2)n1)Nc1ccc(N2CCOCC2=O)cc1F. The minimum atomic E-state index is -0.656. The van der Waals surface area contributed by atoms with Gasteiger partial charge in [-0.25, -0.2) is 9.37 Å². The van der Waals surface area contributed by atoms with E-state index in [1.54, 1.807) is 23.6 Å². The van der Waals surface area contributed by atoms with Crippen molar-refractivity contribution in [3.8, 4) is 0 Å². The highest BCUT2D eigenvalue weighted by molar-refractivity contribution is 7.18. The second kappa shape index (κ2) is 9.74. The fourth-order valence-electron chi connectivity index (χ4n) is 2.96. The van der Waals surface area contributed by atoms with Gasteiger partial charge in [0.2, 0.25) is 5.91 Å². The molecule has 1 aromatic carbocycles. The molecule has 2 aromatic heterocycles. The van der Waals surface area contributed by atoms with Crippen LogP contribution in [-0.2, 0) is 20.7 Å². The van der Waals surface area contributed by atoms with Gasteiger partial charge in [-0.15, -0.1) is 22.7 Å². The van der Waals surface area contributed by atoms with Gasteiger partial charge in [0.15, 0.2) is 5.13 Å². The quantitative estimate of drug-likeness (QED) is 0.543. The second-order valence-corrected chi connectivity index (χ2v) is 9.26. The van der Waals surface area contributed by atoms with Crippen LogP contribution in [0.5, 0.6) is 0 Å². The largest absolute Gasteiger partial charge is 0.370 e. The predicted octanol–water partition coefficient (Wildman–Crippen LogP) is 3.79. The number of morpholine rings is 1. The number of nitrogens with one attached hydrogen (secondary N) is 2. The van der Waals surface area contributed by atoms with Crippen LogP contribution in [0.2, 0.25) is 4.34 Å². The first-order valence-corrected chi connectivity index (χ1v) is 11.4. The first-order chi connectivity index (χ1) is 15.4. The highest BCUT2D eigenvalue weighted by Crippen LogP contribution is 2.25. The lowest BCUT2D eigenvalue weighted by Crippen LogP contribution is -2.41. The maximum absolute atomic E-state index is 14.5. The summed E-state index contributed by atoms with van der Waals surface area (Å²) in [6.45, 7) is 0.673. The summed E-state index contributed by atoms with van der Waals surface area (Å²) in [6, 6.07) is 7.41. The minimum absolute atomic E-state index is 0.00205. The number of aromatic nitrogens is 1. The molecule has 1 saturated heterocycles. The van der Waals surface area contributed by atoms with E-state index in [1.165, 1.54) is 28.4 Å². The Kier molecular flexibility index (Phi) is 6.80. The standard InChI is InChI=1S/C20H16ClFN4O4S2/c21-16-4-3-15(32-16)19(29)25-20-23-11(10-31-20)7-17(27)24-14-2-1-12(8-13(14)22)26-5-6-30-9-18(26)28/h1-4,8,10H,5-7,9H2,(H,24,27)(H,23,25,29). The van der Waals surface area contributed by atoms with Gasteiger partial charge in [0.25, 0.3) is 11.8 Å². The molecule has 3 heterocycles. The number of amides is 3. The number of carbonyl (C=O) groups excluding carboxylic acids is 3. The normalized spacial score (nSPS) is 13.8. The Morgan fingerprint density at radius 1 is 1.25 bits per heavy atom.